The van der Waals surface area contributed by atoms with Gasteiger partial charge in [0.25, 0.3) is 22.2 Å². The lowest BCUT2D eigenvalue weighted by Crippen LogP contribution is -2.33. The smallest absolute Gasteiger partial charge is 0.260 e. The molecule has 0 bridgehead atoms. The third-order valence-electron chi connectivity index (χ3n) is 30.0. The summed E-state index contributed by atoms with van der Waals surface area (Å²) in [5, 5.41) is 18.7. The molecule has 29 nitrogen and oxygen atoms in total. The molecule has 1 saturated heterocycles. The summed E-state index contributed by atoms with van der Waals surface area (Å²) < 4.78 is 12.9. The Hall–Kier alpha value is -13.2. The van der Waals surface area contributed by atoms with E-state index in [2.05, 4.69) is 61.1 Å². The molecule has 768 valence electrons. The first-order valence-electron chi connectivity index (χ1n) is 52.5. The Bertz CT molecular complexity index is 7910. The molecule has 1 atom stereocenters. The van der Waals surface area contributed by atoms with E-state index in [1.165, 1.54) is 25.7 Å². The number of nitrogens with zero attached hydrogens (tertiary/aromatic N) is 16. The van der Waals surface area contributed by atoms with E-state index in [4.69, 9.17) is 94.0 Å². The molecular weight excluding hydrogens is 1950 g/mol. The fourth-order valence-corrected chi connectivity index (χ4v) is 22.9. The number of fused-ring (bicyclic) bond motifs is 4. The van der Waals surface area contributed by atoms with Crippen molar-refractivity contribution in [3.63, 3.8) is 0 Å². The van der Waals surface area contributed by atoms with Crippen LogP contribution in [0.15, 0.2) is 214 Å². The molecular formula is C116H126Cl4N24O5. The highest BCUT2D eigenvalue weighted by Crippen LogP contribution is 2.43. The summed E-state index contributed by atoms with van der Waals surface area (Å²) >= 11 is 27.2. The molecule has 4 aromatic carbocycles. The summed E-state index contributed by atoms with van der Waals surface area (Å²) in [6, 6.07) is 53.7. The molecule has 13 heterocycles. The van der Waals surface area contributed by atoms with Gasteiger partial charge in [-0.05, 0) is 279 Å². The number of ether oxygens (including phenoxy) is 1. The third kappa shape index (κ3) is 23.5. The van der Waals surface area contributed by atoms with Crippen molar-refractivity contribution in [2.75, 3.05) is 41.0 Å². The van der Waals surface area contributed by atoms with Gasteiger partial charge in [-0.2, -0.15) is 19.9 Å². The Kier molecular flexibility index (Phi) is 31.6. The lowest BCUT2D eigenvalue weighted by atomic mass is 9.91. The van der Waals surface area contributed by atoms with Crippen LogP contribution in [0.1, 0.15) is 208 Å². The molecule has 7 aliphatic rings. The van der Waals surface area contributed by atoms with Crippen LogP contribution >= 0.6 is 46.4 Å². The van der Waals surface area contributed by atoms with E-state index in [1.807, 2.05) is 230 Å². The maximum Gasteiger partial charge on any atom is 0.260 e. The first kappa shape index (κ1) is 103. The minimum atomic E-state index is -0.102. The molecule has 0 spiro atoms. The first-order valence-corrected chi connectivity index (χ1v) is 54.0. The van der Waals surface area contributed by atoms with Crippen molar-refractivity contribution in [3.05, 3.63) is 279 Å². The lowest BCUT2D eigenvalue weighted by Gasteiger charge is -2.29. The number of benzene rings is 4. The maximum absolute atomic E-state index is 14.2. The second-order valence-electron chi connectivity index (χ2n) is 41.5. The number of anilines is 4. The number of nitrogens with two attached hydrogens (primary N) is 4. The number of nitrogens with one attached hydrogen (secondary N) is 4. The topological polar surface area (TPSA) is 404 Å². The highest BCUT2D eigenvalue weighted by molar-refractivity contribution is 6.35. The monoisotopic (exact) mass is 2070 g/mol. The van der Waals surface area contributed by atoms with Crippen molar-refractivity contribution in [2.45, 2.75) is 256 Å². The Morgan fingerprint density at radius 1 is 0.349 bits per heavy atom. The number of hydrogen-bond acceptors (Lipinski definition) is 25. The second-order valence-corrected chi connectivity index (χ2v) is 43.1. The first-order chi connectivity index (χ1) is 72.2. The Balaban J connectivity index is 0.000000120. The summed E-state index contributed by atoms with van der Waals surface area (Å²) in [6.45, 7) is 14.2. The molecule has 12 aromatic heterocycles. The van der Waals surface area contributed by atoms with Crippen molar-refractivity contribution >= 4 is 114 Å². The van der Waals surface area contributed by atoms with E-state index in [-0.39, 0.29) is 82.7 Å². The van der Waals surface area contributed by atoms with Gasteiger partial charge in [0.2, 0.25) is 23.8 Å². The maximum atomic E-state index is 14.2. The highest BCUT2D eigenvalue weighted by atomic mass is 35.5. The molecule has 6 saturated carbocycles. The summed E-state index contributed by atoms with van der Waals surface area (Å²) in [5.74, 6) is 2.84. The van der Waals surface area contributed by atoms with Gasteiger partial charge in [-0.25, -0.2) is 19.9 Å². The van der Waals surface area contributed by atoms with Crippen LogP contribution in [-0.2, 0) is 4.74 Å². The second kappa shape index (κ2) is 45.7. The molecule has 23 rings (SSSR count). The summed E-state index contributed by atoms with van der Waals surface area (Å²) in [5.41, 5.74) is 42.9. The quantitative estimate of drug-likeness (QED) is 0.0331. The van der Waals surface area contributed by atoms with E-state index in [0.29, 0.717) is 130 Å². The number of hydrogen-bond donors (Lipinski definition) is 8. The predicted molar refractivity (Wildman–Crippen MR) is 599 cm³/mol. The normalized spacial score (nSPS) is 19.9. The van der Waals surface area contributed by atoms with E-state index in [0.717, 1.165) is 224 Å². The van der Waals surface area contributed by atoms with E-state index in [1.54, 1.807) is 24.8 Å². The third-order valence-corrected chi connectivity index (χ3v) is 31.3. The molecule has 0 radical (unpaired) electrons. The zero-order valence-electron chi connectivity index (χ0n) is 84.8. The van der Waals surface area contributed by atoms with Crippen molar-refractivity contribution in [3.8, 4) is 89.5 Å². The number of aryl methyl sites for hydroxylation is 4. The van der Waals surface area contributed by atoms with Crippen LogP contribution in [0.5, 0.6) is 0 Å². The predicted octanol–water partition coefficient (Wildman–Crippen LogP) is 22.9. The minimum absolute atomic E-state index is 0.0110. The fourth-order valence-electron chi connectivity index (χ4n) is 21.7. The van der Waals surface area contributed by atoms with Crippen LogP contribution in [0.3, 0.4) is 0 Å². The number of rotatable bonds is 21. The standard InChI is InChI=1S/C31H35ClN6O.C29H31ClN6O2.C28H29ClN6O.C28H31ClN6O/c1-19-5-4-8-28(36-19)21-9-14-25(27(32)16-21)26-15-22-18-35-31(34-17-20-6-2-3-7-20)37-29(22)38(30(26)39)24-12-10-23(33)11-13-24;1-17-3-2-4-26(33-17)18-5-10-23(25(30)14-18)24-13-19-15-32-29(34-21-11-12-38-16-21)35-27(19)36(28(24)37)22-8-6-20(31)7-9-22;1-16-3-2-12-31-25(16)17-4-11-22(24(29)14-17)23-13-18-15-32-28(33-20-7-8-20)34-26(18)35(27(23)36)21-9-5-19(30)6-10-21;1-16(2)32-28-31-15-19-13-23(27(36)35(26(19)34-28)21-10-8-20(30)9-11-21)22-12-7-18(14-24(22)29)25-6-4-5-17(3)33-25/h4-5,8-9,14-16,18,20,23-24H,2-3,6-7,10-13,17,33H2,1H3,(H,34,35,37);2-5,10,13-15,20-22H,6-9,11-12,16,31H2,1H3,(H,32,34,35);2-4,11-15,19-21H,5-10,30H2,1H3,(H,32,33,34);4-7,12-16,20-21H,8-11,30H2,1-3H3,(H,31,32,34)/t;20?,21-,22?;;/m.0../s1. The van der Waals surface area contributed by atoms with Crippen LogP contribution in [0.25, 0.3) is 134 Å². The Morgan fingerprint density at radius 2 is 0.685 bits per heavy atom. The molecule has 16 aromatic rings. The number of halogens is 4. The molecule has 12 N–H and O–H groups in total. The fraction of sp³-hybridized carbons (Fsp3) is 0.379. The highest BCUT2D eigenvalue weighted by Gasteiger charge is 2.34. The summed E-state index contributed by atoms with van der Waals surface area (Å²) in [6.07, 6.45) is 31.0. The van der Waals surface area contributed by atoms with Gasteiger partial charge in [0, 0.05) is 230 Å². The van der Waals surface area contributed by atoms with Crippen LogP contribution in [0.2, 0.25) is 20.1 Å². The van der Waals surface area contributed by atoms with E-state index < -0.39 is 0 Å². The molecule has 0 amide bonds. The van der Waals surface area contributed by atoms with Crippen LogP contribution in [0.4, 0.5) is 23.8 Å². The zero-order valence-corrected chi connectivity index (χ0v) is 87.8. The molecule has 0 unspecified atom stereocenters. The Morgan fingerprint density at radius 3 is 1.02 bits per heavy atom. The molecule has 149 heavy (non-hydrogen) atoms. The number of aromatic nitrogens is 16. The van der Waals surface area contributed by atoms with Gasteiger partial charge < -0.3 is 48.9 Å². The zero-order chi connectivity index (χ0) is 103. The van der Waals surface area contributed by atoms with Gasteiger partial charge in [-0.1, -0.05) is 132 Å². The van der Waals surface area contributed by atoms with Crippen LogP contribution in [0, 0.1) is 33.6 Å². The largest absolute Gasteiger partial charge is 0.379 e. The average Bonchev–Trinajstić information content (AvgIpc) is 1.15. The molecule has 33 heteroatoms. The average molecular weight is 2080 g/mol. The van der Waals surface area contributed by atoms with Gasteiger partial charge in [0.15, 0.2) is 0 Å². The summed E-state index contributed by atoms with van der Waals surface area (Å²) in [4.78, 5) is 112. The number of pyridine rings is 8. The lowest BCUT2D eigenvalue weighted by molar-refractivity contribution is 0.195. The van der Waals surface area contributed by atoms with Crippen molar-refractivity contribution < 1.29 is 4.74 Å². The van der Waals surface area contributed by atoms with Gasteiger partial charge in [-0.3, -0.25) is 57.4 Å². The molecule has 7 fully saturated rings. The van der Waals surface area contributed by atoms with Crippen LogP contribution < -0.4 is 66.4 Å². The molecule has 6 aliphatic carbocycles. The Labute approximate surface area is 885 Å². The van der Waals surface area contributed by atoms with Crippen molar-refractivity contribution in [1.29, 1.82) is 0 Å². The van der Waals surface area contributed by atoms with Gasteiger partial charge in [0.1, 0.15) is 22.6 Å². The SMILES string of the molecule is Cc1cccc(-c2ccc(-c3cc4cnc(NC(C)C)nc4n(C4CCC(N)CC4)c3=O)c(Cl)c2)n1.Cc1cccc(-c2ccc(-c3cc4cnc(NCC5CCCC5)nc4n(C4CCC(N)CC4)c3=O)c(Cl)c2)n1.Cc1cccc(-c2ccc(-c3cc4cnc(N[C@H]5CCOC5)nc4n(C4CCC(N)CC4)c3=O)c(Cl)c2)n1.Cc1cccnc1-c1ccc(-c2cc3cnc(NC4CC4)nc3n(C3CCC(N)CC3)c2=O)c(Cl)c1. The van der Waals surface area contributed by atoms with Gasteiger partial charge >= 0.3 is 0 Å². The van der Waals surface area contributed by atoms with Crippen molar-refractivity contribution in [1.82, 2.24) is 78.1 Å². The molecule has 1 aliphatic heterocycles. The van der Waals surface area contributed by atoms with E-state index in [9.17, 15) is 19.2 Å². The van der Waals surface area contributed by atoms with Crippen molar-refractivity contribution in [2.24, 2.45) is 28.9 Å². The minimum Gasteiger partial charge on any atom is -0.379 e. The van der Waals surface area contributed by atoms with Gasteiger partial charge in [-0.15, -0.1) is 0 Å². The van der Waals surface area contributed by atoms with E-state index >= 15 is 0 Å². The van der Waals surface area contributed by atoms with Crippen LogP contribution in [-0.4, -0.2) is 140 Å². The summed E-state index contributed by atoms with van der Waals surface area (Å²) in [7, 11) is 0. The van der Waals surface area contributed by atoms with Gasteiger partial charge in [0.05, 0.1) is 35.4 Å².